The molecule has 0 heterocycles. The third-order valence-corrected chi connectivity index (χ3v) is 3.08. The van der Waals surface area contributed by atoms with E-state index in [1.54, 1.807) is 13.2 Å². The SMILES string of the molecule is CCC(CC)c1ccc(OC)c(CN=C=O)c1. The van der Waals surface area contributed by atoms with Gasteiger partial charge >= 0.3 is 0 Å². The van der Waals surface area contributed by atoms with Gasteiger partial charge in [0, 0.05) is 5.56 Å². The minimum Gasteiger partial charge on any atom is -0.496 e. The summed E-state index contributed by atoms with van der Waals surface area (Å²) in [6.07, 6.45) is 3.78. The Hall–Kier alpha value is -1.60. The van der Waals surface area contributed by atoms with Gasteiger partial charge in [-0.1, -0.05) is 19.9 Å². The van der Waals surface area contributed by atoms with Crippen LogP contribution in [0.5, 0.6) is 5.75 Å². The molecule has 3 heteroatoms. The van der Waals surface area contributed by atoms with Gasteiger partial charge < -0.3 is 4.74 Å². The van der Waals surface area contributed by atoms with Crippen molar-refractivity contribution in [2.24, 2.45) is 4.99 Å². The highest BCUT2D eigenvalue weighted by atomic mass is 16.5. The molecule has 0 unspecified atom stereocenters. The Balaban J connectivity index is 3.06. The van der Waals surface area contributed by atoms with Crippen molar-refractivity contribution in [1.29, 1.82) is 0 Å². The summed E-state index contributed by atoms with van der Waals surface area (Å²) in [7, 11) is 1.63. The number of ether oxygens (including phenoxy) is 1. The molecule has 0 saturated heterocycles. The molecule has 92 valence electrons. The summed E-state index contributed by atoms with van der Waals surface area (Å²) in [5.41, 5.74) is 2.23. The maximum atomic E-state index is 10.2. The van der Waals surface area contributed by atoms with Crippen molar-refractivity contribution in [3.8, 4) is 5.75 Å². The van der Waals surface area contributed by atoms with Gasteiger partial charge in [0.1, 0.15) is 5.75 Å². The highest BCUT2D eigenvalue weighted by Gasteiger charge is 2.10. The van der Waals surface area contributed by atoms with E-state index in [0.29, 0.717) is 12.5 Å². The smallest absolute Gasteiger partial charge is 0.235 e. The average Bonchev–Trinajstić information content (AvgIpc) is 2.38. The molecule has 0 fully saturated rings. The number of rotatable bonds is 6. The van der Waals surface area contributed by atoms with Gasteiger partial charge in [0.05, 0.1) is 13.7 Å². The summed E-state index contributed by atoms with van der Waals surface area (Å²) >= 11 is 0. The molecule has 0 aliphatic rings. The van der Waals surface area contributed by atoms with Crippen molar-refractivity contribution in [3.63, 3.8) is 0 Å². The number of hydrogen-bond acceptors (Lipinski definition) is 3. The highest BCUT2D eigenvalue weighted by Crippen LogP contribution is 2.28. The monoisotopic (exact) mass is 233 g/mol. The fourth-order valence-corrected chi connectivity index (χ4v) is 2.05. The number of methoxy groups -OCH3 is 1. The average molecular weight is 233 g/mol. The number of benzene rings is 1. The van der Waals surface area contributed by atoms with E-state index in [1.165, 1.54) is 5.56 Å². The highest BCUT2D eigenvalue weighted by molar-refractivity contribution is 5.40. The standard InChI is InChI=1S/C14H19NO2/c1-4-11(5-2)12-6-7-14(17-3)13(8-12)9-15-10-16/h6-8,11H,4-5,9H2,1-3H3. The number of aliphatic imine (C=N–C) groups is 1. The molecule has 0 aromatic heterocycles. The van der Waals surface area contributed by atoms with Crippen molar-refractivity contribution in [3.05, 3.63) is 29.3 Å². The van der Waals surface area contributed by atoms with Crippen molar-refractivity contribution in [2.45, 2.75) is 39.2 Å². The van der Waals surface area contributed by atoms with Gasteiger partial charge in [0.15, 0.2) is 0 Å². The quantitative estimate of drug-likeness (QED) is 0.557. The molecule has 0 saturated carbocycles. The second-order valence-electron chi connectivity index (χ2n) is 3.99. The van der Waals surface area contributed by atoms with E-state index < -0.39 is 0 Å². The van der Waals surface area contributed by atoms with Gasteiger partial charge in [0.25, 0.3) is 0 Å². The first kappa shape index (κ1) is 13.5. The molecule has 0 aliphatic carbocycles. The molecule has 0 amide bonds. The molecule has 0 N–H and O–H groups in total. The zero-order valence-corrected chi connectivity index (χ0v) is 10.7. The van der Waals surface area contributed by atoms with Gasteiger partial charge in [-0.15, -0.1) is 0 Å². The number of nitrogens with zero attached hydrogens (tertiary/aromatic N) is 1. The molecule has 1 aromatic rings. The van der Waals surface area contributed by atoms with Crippen LogP contribution in [0.3, 0.4) is 0 Å². The minimum absolute atomic E-state index is 0.334. The summed E-state index contributed by atoms with van der Waals surface area (Å²) < 4.78 is 5.25. The Labute approximate surface area is 103 Å². The fourth-order valence-electron chi connectivity index (χ4n) is 2.05. The second kappa shape index (κ2) is 6.87. The van der Waals surface area contributed by atoms with Crippen LogP contribution in [0.25, 0.3) is 0 Å². The van der Waals surface area contributed by atoms with Crippen molar-refractivity contribution >= 4 is 6.08 Å². The molecule has 0 atom stereocenters. The molecular weight excluding hydrogens is 214 g/mol. The van der Waals surface area contributed by atoms with E-state index in [-0.39, 0.29) is 0 Å². The van der Waals surface area contributed by atoms with E-state index in [2.05, 4.69) is 31.0 Å². The Morgan fingerprint density at radius 1 is 1.35 bits per heavy atom. The molecule has 0 radical (unpaired) electrons. The molecule has 1 rings (SSSR count). The van der Waals surface area contributed by atoms with Crippen LogP contribution in [0, 0.1) is 0 Å². The predicted octanol–water partition coefficient (Wildman–Crippen LogP) is 3.43. The Morgan fingerprint density at radius 3 is 2.59 bits per heavy atom. The molecule has 3 nitrogen and oxygen atoms in total. The first-order chi connectivity index (χ1) is 8.26. The number of isocyanates is 1. The zero-order chi connectivity index (χ0) is 12.7. The molecule has 1 aromatic carbocycles. The van der Waals surface area contributed by atoms with Crippen LogP contribution in [0.1, 0.15) is 43.7 Å². The van der Waals surface area contributed by atoms with Crippen LogP contribution in [0.15, 0.2) is 23.2 Å². The Bertz CT molecular complexity index is 405. The van der Waals surface area contributed by atoms with E-state index in [4.69, 9.17) is 4.74 Å². The van der Waals surface area contributed by atoms with E-state index in [9.17, 15) is 4.79 Å². The van der Waals surface area contributed by atoms with E-state index >= 15 is 0 Å². The molecular formula is C14H19NO2. The second-order valence-corrected chi connectivity index (χ2v) is 3.99. The molecule has 0 spiro atoms. The van der Waals surface area contributed by atoms with Crippen LogP contribution in [-0.2, 0) is 11.3 Å². The topological polar surface area (TPSA) is 38.7 Å². The lowest BCUT2D eigenvalue weighted by Crippen LogP contribution is -1.98. The third-order valence-electron chi connectivity index (χ3n) is 3.08. The van der Waals surface area contributed by atoms with Crippen LogP contribution in [0.2, 0.25) is 0 Å². The molecule has 17 heavy (non-hydrogen) atoms. The van der Waals surface area contributed by atoms with Crippen molar-refractivity contribution < 1.29 is 9.53 Å². The summed E-state index contributed by atoms with van der Waals surface area (Å²) in [6.45, 7) is 4.70. The predicted molar refractivity (Wildman–Crippen MR) is 68.1 cm³/mol. The fraction of sp³-hybridized carbons (Fsp3) is 0.500. The van der Waals surface area contributed by atoms with Crippen molar-refractivity contribution in [2.75, 3.05) is 7.11 Å². The van der Waals surface area contributed by atoms with Gasteiger partial charge in [-0.2, -0.15) is 0 Å². The first-order valence-corrected chi connectivity index (χ1v) is 5.97. The van der Waals surface area contributed by atoms with Gasteiger partial charge in [-0.3, -0.25) is 0 Å². The van der Waals surface area contributed by atoms with Crippen LogP contribution in [-0.4, -0.2) is 13.2 Å². The maximum absolute atomic E-state index is 10.2. The largest absolute Gasteiger partial charge is 0.496 e. The van der Waals surface area contributed by atoms with E-state index in [1.807, 2.05) is 6.07 Å². The van der Waals surface area contributed by atoms with Gasteiger partial charge in [-0.05, 0) is 36.5 Å². The summed E-state index contributed by atoms with van der Waals surface area (Å²) in [5, 5.41) is 0. The third kappa shape index (κ3) is 3.43. The Morgan fingerprint density at radius 2 is 2.06 bits per heavy atom. The normalized spacial score (nSPS) is 10.1. The van der Waals surface area contributed by atoms with Crippen molar-refractivity contribution in [1.82, 2.24) is 0 Å². The lowest BCUT2D eigenvalue weighted by molar-refractivity contribution is 0.409. The first-order valence-electron chi connectivity index (χ1n) is 5.97. The van der Waals surface area contributed by atoms with Crippen LogP contribution < -0.4 is 4.74 Å². The summed E-state index contributed by atoms with van der Waals surface area (Å²) in [4.78, 5) is 13.8. The number of hydrogen-bond donors (Lipinski definition) is 0. The lowest BCUT2D eigenvalue weighted by atomic mass is 9.92. The number of carbonyl (C=O) groups excluding carboxylic acids is 1. The van der Waals surface area contributed by atoms with Crippen LogP contribution >= 0.6 is 0 Å². The molecule has 0 bridgehead atoms. The Kier molecular flexibility index (Phi) is 5.44. The zero-order valence-electron chi connectivity index (χ0n) is 10.7. The minimum atomic E-state index is 0.334. The summed E-state index contributed by atoms with van der Waals surface area (Å²) in [6, 6.07) is 6.12. The molecule has 0 aliphatic heterocycles. The summed E-state index contributed by atoms with van der Waals surface area (Å²) in [5.74, 6) is 1.33. The van der Waals surface area contributed by atoms with E-state index in [0.717, 1.165) is 24.2 Å². The van der Waals surface area contributed by atoms with Gasteiger partial charge in [-0.25, -0.2) is 9.79 Å². The van der Waals surface area contributed by atoms with Gasteiger partial charge in [0.2, 0.25) is 6.08 Å². The maximum Gasteiger partial charge on any atom is 0.235 e. The lowest BCUT2D eigenvalue weighted by Gasteiger charge is -2.15. The van der Waals surface area contributed by atoms with Crippen LogP contribution in [0.4, 0.5) is 0 Å².